The molecule has 100 valence electrons. The molecule has 2 rings (SSSR count). The van der Waals surface area contributed by atoms with Crippen molar-refractivity contribution in [2.24, 2.45) is 0 Å². The lowest BCUT2D eigenvalue weighted by atomic mass is 10.2. The van der Waals surface area contributed by atoms with Crippen LogP contribution in [-0.4, -0.2) is 28.4 Å². The van der Waals surface area contributed by atoms with E-state index in [1.165, 1.54) is 9.80 Å². The lowest BCUT2D eigenvalue weighted by molar-refractivity contribution is -0.133. The molecule has 0 N–H and O–H groups in total. The summed E-state index contributed by atoms with van der Waals surface area (Å²) in [6.45, 7) is 2.63. The average molecular weight is 276 g/mol. The van der Waals surface area contributed by atoms with Crippen LogP contribution in [0.15, 0.2) is 30.3 Å². The van der Waals surface area contributed by atoms with Crippen LogP contribution in [-0.2, 0) is 9.59 Å². The van der Waals surface area contributed by atoms with Gasteiger partial charge in [-0.2, -0.15) is 0 Å². The van der Waals surface area contributed by atoms with Crippen molar-refractivity contribution in [1.29, 1.82) is 0 Å². The van der Waals surface area contributed by atoms with Crippen molar-refractivity contribution in [3.8, 4) is 0 Å². The molecule has 1 aliphatic rings. The van der Waals surface area contributed by atoms with Gasteiger partial charge in [-0.05, 0) is 30.8 Å². The first-order valence-electron chi connectivity index (χ1n) is 6.37. The number of anilines is 1. The molecule has 0 unspecified atom stereocenters. The summed E-state index contributed by atoms with van der Waals surface area (Å²) in [6, 6.07) is 9.20. The second-order valence-corrected chi connectivity index (χ2v) is 4.79. The monoisotopic (exact) mass is 276 g/mol. The Morgan fingerprint density at radius 2 is 1.84 bits per heavy atom. The maximum atomic E-state index is 12.0. The Kier molecular flexibility index (Phi) is 4.27. The SMILES string of the molecule is CCCCN1C(=O)CC(=O)N(c2ccccc2)C1=S. The maximum absolute atomic E-state index is 12.0. The van der Waals surface area contributed by atoms with Gasteiger partial charge in [-0.3, -0.25) is 19.4 Å². The van der Waals surface area contributed by atoms with Crippen LogP contribution in [0.4, 0.5) is 5.69 Å². The molecule has 5 heteroatoms. The number of thiocarbonyl (C=S) groups is 1. The fourth-order valence-electron chi connectivity index (χ4n) is 2.01. The summed E-state index contributed by atoms with van der Waals surface area (Å²) >= 11 is 5.31. The second-order valence-electron chi connectivity index (χ2n) is 4.42. The molecule has 0 aromatic heterocycles. The van der Waals surface area contributed by atoms with Crippen LogP contribution in [0.2, 0.25) is 0 Å². The molecule has 1 aliphatic heterocycles. The van der Waals surface area contributed by atoms with Crippen molar-refractivity contribution in [3.63, 3.8) is 0 Å². The topological polar surface area (TPSA) is 40.6 Å². The number of carbonyl (C=O) groups excluding carboxylic acids is 2. The van der Waals surface area contributed by atoms with Crippen molar-refractivity contribution in [2.45, 2.75) is 26.2 Å². The van der Waals surface area contributed by atoms with Crippen molar-refractivity contribution >= 4 is 34.8 Å². The van der Waals surface area contributed by atoms with E-state index in [1.54, 1.807) is 0 Å². The van der Waals surface area contributed by atoms with Crippen LogP contribution in [0.1, 0.15) is 26.2 Å². The minimum atomic E-state index is -0.256. The molecule has 0 radical (unpaired) electrons. The van der Waals surface area contributed by atoms with Gasteiger partial charge in [0.25, 0.3) is 0 Å². The summed E-state index contributed by atoms with van der Waals surface area (Å²) in [5.74, 6) is -0.454. The standard InChI is InChI=1S/C14H16N2O2S/c1-2-3-9-15-12(17)10-13(18)16(14(15)19)11-7-5-4-6-8-11/h4-8H,2-3,9-10H2,1H3. The van der Waals surface area contributed by atoms with Gasteiger partial charge in [0.1, 0.15) is 6.42 Å². The first-order valence-corrected chi connectivity index (χ1v) is 6.78. The molecule has 1 saturated heterocycles. The highest BCUT2D eigenvalue weighted by Gasteiger charge is 2.35. The summed E-state index contributed by atoms with van der Waals surface area (Å²) in [4.78, 5) is 26.9. The van der Waals surface area contributed by atoms with Gasteiger partial charge < -0.3 is 0 Å². The Labute approximate surface area is 118 Å². The van der Waals surface area contributed by atoms with Crippen LogP contribution >= 0.6 is 12.2 Å². The number of nitrogens with zero attached hydrogens (tertiary/aromatic N) is 2. The molecule has 2 amide bonds. The summed E-state index contributed by atoms with van der Waals surface area (Å²) in [5.41, 5.74) is 0.714. The normalized spacial score (nSPS) is 16.2. The minimum Gasteiger partial charge on any atom is -0.288 e. The van der Waals surface area contributed by atoms with E-state index in [0.29, 0.717) is 17.3 Å². The molecule has 0 bridgehead atoms. The van der Waals surface area contributed by atoms with E-state index in [-0.39, 0.29) is 18.2 Å². The summed E-state index contributed by atoms with van der Waals surface area (Å²) in [5, 5.41) is 0.293. The zero-order valence-electron chi connectivity index (χ0n) is 10.8. The van der Waals surface area contributed by atoms with E-state index >= 15 is 0 Å². The Morgan fingerprint density at radius 1 is 1.16 bits per heavy atom. The predicted molar refractivity (Wildman–Crippen MR) is 77.8 cm³/mol. The third kappa shape index (κ3) is 2.81. The number of hydrogen-bond donors (Lipinski definition) is 0. The van der Waals surface area contributed by atoms with Gasteiger partial charge in [0.15, 0.2) is 5.11 Å². The van der Waals surface area contributed by atoms with Gasteiger partial charge in [-0.25, -0.2) is 0 Å². The Morgan fingerprint density at radius 3 is 2.47 bits per heavy atom. The number of amides is 2. The predicted octanol–water partition coefficient (Wildman–Crippen LogP) is 2.34. The zero-order valence-corrected chi connectivity index (χ0v) is 11.7. The Balaban J connectivity index is 2.26. The van der Waals surface area contributed by atoms with Crippen LogP contribution in [0.5, 0.6) is 0 Å². The minimum absolute atomic E-state index is 0.112. The fourth-order valence-corrected chi connectivity index (χ4v) is 2.41. The van der Waals surface area contributed by atoms with Crippen LogP contribution < -0.4 is 4.90 Å². The number of carbonyl (C=O) groups is 2. The fraction of sp³-hybridized carbons (Fsp3) is 0.357. The highest BCUT2D eigenvalue weighted by molar-refractivity contribution is 7.80. The molecule has 4 nitrogen and oxygen atoms in total. The molecule has 1 aromatic rings. The molecule has 0 saturated carbocycles. The molecule has 0 atom stereocenters. The summed E-state index contributed by atoms with van der Waals surface area (Å²) in [6.07, 6.45) is 1.74. The lowest BCUT2D eigenvalue weighted by Crippen LogP contribution is -2.55. The number of unbranched alkanes of at least 4 members (excludes halogenated alkanes) is 1. The second kappa shape index (κ2) is 5.93. The summed E-state index contributed by atoms with van der Waals surface area (Å²) < 4.78 is 0. The van der Waals surface area contributed by atoms with Crippen molar-refractivity contribution in [2.75, 3.05) is 11.4 Å². The molecule has 1 heterocycles. The van der Waals surface area contributed by atoms with Gasteiger partial charge in [0.05, 0.1) is 5.69 Å². The first-order chi connectivity index (χ1) is 9.15. The Bertz CT molecular complexity index is 501. The molecule has 19 heavy (non-hydrogen) atoms. The number of rotatable bonds is 4. The van der Waals surface area contributed by atoms with E-state index in [9.17, 15) is 9.59 Å². The van der Waals surface area contributed by atoms with Crippen LogP contribution in [0.25, 0.3) is 0 Å². The molecular weight excluding hydrogens is 260 g/mol. The third-order valence-electron chi connectivity index (χ3n) is 3.02. The van der Waals surface area contributed by atoms with Crippen molar-refractivity contribution in [3.05, 3.63) is 30.3 Å². The largest absolute Gasteiger partial charge is 0.288 e. The van der Waals surface area contributed by atoms with Gasteiger partial charge in [0.2, 0.25) is 11.8 Å². The van der Waals surface area contributed by atoms with Crippen LogP contribution in [0.3, 0.4) is 0 Å². The third-order valence-corrected chi connectivity index (χ3v) is 3.43. The van der Waals surface area contributed by atoms with E-state index < -0.39 is 0 Å². The molecule has 0 spiro atoms. The number of para-hydroxylation sites is 1. The zero-order chi connectivity index (χ0) is 13.8. The van der Waals surface area contributed by atoms with E-state index in [0.717, 1.165) is 12.8 Å². The number of benzene rings is 1. The van der Waals surface area contributed by atoms with Gasteiger partial charge in [-0.1, -0.05) is 31.5 Å². The van der Waals surface area contributed by atoms with Crippen molar-refractivity contribution in [1.82, 2.24) is 4.90 Å². The van der Waals surface area contributed by atoms with Crippen LogP contribution in [0, 0.1) is 0 Å². The van der Waals surface area contributed by atoms with Crippen molar-refractivity contribution < 1.29 is 9.59 Å². The molecular formula is C14H16N2O2S. The Hall–Kier alpha value is -1.75. The number of hydrogen-bond acceptors (Lipinski definition) is 3. The highest BCUT2D eigenvalue weighted by atomic mass is 32.1. The van der Waals surface area contributed by atoms with E-state index in [4.69, 9.17) is 12.2 Å². The molecule has 0 aliphatic carbocycles. The smallest absolute Gasteiger partial charge is 0.242 e. The van der Waals surface area contributed by atoms with Gasteiger partial charge in [0, 0.05) is 6.54 Å². The quantitative estimate of drug-likeness (QED) is 0.626. The highest BCUT2D eigenvalue weighted by Crippen LogP contribution is 2.21. The lowest BCUT2D eigenvalue weighted by Gasteiger charge is -2.35. The first kappa shape index (κ1) is 13.7. The van der Waals surface area contributed by atoms with E-state index in [2.05, 4.69) is 6.92 Å². The van der Waals surface area contributed by atoms with Gasteiger partial charge in [-0.15, -0.1) is 0 Å². The summed E-state index contributed by atoms with van der Waals surface area (Å²) in [7, 11) is 0. The molecule has 1 aromatic carbocycles. The van der Waals surface area contributed by atoms with Gasteiger partial charge >= 0.3 is 0 Å². The van der Waals surface area contributed by atoms with E-state index in [1.807, 2.05) is 30.3 Å². The average Bonchev–Trinajstić information content (AvgIpc) is 2.39. The molecule has 1 fully saturated rings. The maximum Gasteiger partial charge on any atom is 0.242 e.